The van der Waals surface area contributed by atoms with Crippen LogP contribution in [0.2, 0.25) is 0 Å². The third-order valence-corrected chi connectivity index (χ3v) is 6.15. The Morgan fingerprint density at radius 2 is 2.15 bits per heavy atom. The molecule has 172 valence electrons. The number of carboxylic acid groups (broad SMARTS) is 1. The Labute approximate surface area is 190 Å². The van der Waals surface area contributed by atoms with Crippen molar-refractivity contribution in [3.05, 3.63) is 41.8 Å². The van der Waals surface area contributed by atoms with E-state index >= 15 is 0 Å². The van der Waals surface area contributed by atoms with Gasteiger partial charge in [0, 0.05) is 23.7 Å². The van der Waals surface area contributed by atoms with E-state index in [-0.39, 0.29) is 29.2 Å². The van der Waals surface area contributed by atoms with Gasteiger partial charge < -0.3 is 21.1 Å². The SMILES string of the molecule is CCn1ncc2cc(Nc3nc(N[C@H](C4CCC4)[C@H](C)NC(=O)O)c(F)cc3C#N)ccc21. The van der Waals surface area contributed by atoms with E-state index in [9.17, 15) is 14.4 Å². The minimum atomic E-state index is -1.13. The van der Waals surface area contributed by atoms with Crippen LogP contribution in [0.15, 0.2) is 30.5 Å². The molecule has 1 fully saturated rings. The number of hydrogen-bond donors (Lipinski definition) is 4. The number of nitriles is 1. The fraction of sp³-hybridized carbons (Fsp3) is 0.391. The molecule has 1 aliphatic rings. The number of benzene rings is 1. The Hall–Kier alpha value is -3.87. The molecule has 0 spiro atoms. The highest BCUT2D eigenvalue weighted by atomic mass is 19.1. The van der Waals surface area contributed by atoms with E-state index in [1.54, 1.807) is 13.1 Å². The van der Waals surface area contributed by atoms with Gasteiger partial charge in [-0.1, -0.05) is 6.42 Å². The molecule has 9 nitrogen and oxygen atoms in total. The smallest absolute Gasteiger partial charge is 0.404 e. The van der Waals surface area contributed by atoms with Crippen LogP contribution < -0.4 is 16.0 Å². The molecule has 1 saturated carbocycles. The van der Waals surface area contributed by atoms with Crippen molar-refractivity contribution in [3.63, 3.8) is 0 Å². The zero-order chi connectivity index (χ0) is 23.5. The Balaban J connectivity index is 1.62. The Morgan fingerprint density at radius 3 is 2.79 bits per heavy atom. The van der Waals surface area contributed by atoms with Crippen LogP contribution in [0.4, 0.5) is 26.5 Å². The van der Waals surface area contributed by atoms with Gasteiger partial charge in [-0.3, -0.25) is 4.68 Å². The number of anilines is 3. The van der Waals surface area contributed by atoms with E-state index in [2.05, 4.69) is 26.0 Å². The van der Waals surface area contributed by atoms with Crippen molar-refractivity contribution in [2.75, 3.05) is 10.6 Å². The van der Waals surface area contributed by atoms with Gasteiger partial charge in [-0.2, -0.15) is 10.4 Å². The second-order valence-corrected chi connectivity index (χ2v) is 8.28. The summed E-state index contributed by atoms with van der Waals surface area (Å²) < 4.78 is 16.7. The fourth-order valence-corrected chi connectivity index (χ4v) is 4.22. The Kier molecular flexibility index (Phi) is 6.31. The van der Waals surface area contributed by atoms with Gasteiger partial charge in [-0.15, -0.1) is 0 Å². The number of amides is 1. The molecule has 2 aromatic heterocycles. The predicted molar refractivity (Wildman–Crippen MR) is 123 cm³/mol. The number of aromatic nitrogens is 3. The first-order valence-corrected chi connectivity index (χ1v) is 11.0. The van der Waals surface area contributed by atoms with Crippen LogP contribution in [0.1, 0.15) is 38.7 Å². The molecule has 1 aromatic carbocycles. The minimum Gasteiger partial charge on any atom is -0.465 e. The van der Waals surface area contributed by atoms with E-state index in [0.29, 0.717) is 5.69 Å². The van der Waals surface area contributed by atoms with Crippen molar-refractivity contribution < 1.29 is 14.3 Å². The van der Waals surface area contributed by atoms with E-state index in [0.717, 1.165) is 42.8 Å². The van der Waals surface area contributed by atoms with Crippen molar-refractivity contribution in [2.45, 2.75) is 51.7 Å². The number of hydrogen-bond acceptors (Lipinski definition) is 6. The van der Waals surface area contributed by atoms with Gasteiger partial charge in [0.1, 0.15) is 6.07 Å². The van der Waals surface area contributed by atoms with Crippen molar-refractivity contribution >= 4 is 34.3 Å². The van der Waals surface area contributed by atoms with Gasteiger partial charge in [0.2, 0.25) is 0 Å². The zero-order valence-electron chi connectivity index (χ0n) is 18.5. The van der Waals surface area contributed by atoms with Gasteiger partial charge in [0.15, 0.2) is 17.5 Å². The standard InChI is InChI=1S/C23H26FN7O2/c1-3-31-19-8-7-17(9-16(19)12-26-31)28-21-15(11-25)10-18(24)22(30-21)29-20(14-5-4-6-14)13(2)27-23(32)33/h7-10,12-14,20,27H,3-6H2,1-2H3,(H,32,33)(H2,28,29,30)/t13-,20-/m0/s1. The number of aryl methyl sites for hydroxylation is 1. The van der Waals surface area contributed by atoms with E-state index in [1.165, 1.54) is 0 Å². The quantitative estimate of drug-likeness (QED) is 0.398. The second-order valence-electron chi connectivity index (χ2n) is 8.28. The molecule has 1 amide bonds. The number of pyridine rings is 1. The fourth-order valence-electron chi connectivity index (χ4n) is 4.22. The van der Waals surface area contributed by atoms with Crippen LogP contribution in [0.5, 0.6) is 0 Å². The molecule has 0 aliphatic heterocycles. The first-order valence-electron chi connectivity index (χ1n) is 11.0. The third kappa shape index (κ3) is 4.67. The minimum absolute atomic E-state index is 0.0210. The average Bonchev–Trinajstić information content (AvgIpc) is 3.15. The van der Waals surface area contributed by atoms with E-state index in [1.807, 2.05) is 35.9 Å². The maximum absolute atomic E-state index is 14.8. The molecule has 0 saturated heterocycles. The Bertz CT molecular complexity index is 1220. The van der Waals surface area contributed by atoms with Gasteiger partial charge in [-0.05, 0) is 56.9 Å². The molecule has 0 bridgehead atoms. The lowest BCUT2D eigenvalue weighted by Crippen LogP contribution is -2.50. The summed E-state index contributed by atoms with van der Waals surface area (Å²) in [5.41, 5.74) is 1.75. The first kappa shape index (κ1) is 22.3. The van der Waals surface area contributed by atoms with Crippen LogP contribution in [0.3, 0.4) is 0 Å². The summed E-state index contributed by atoms with van der Waals surface area (Å²) in [5, 5.41) is 32.6. The number of nitrogens with one attached hydrogen (secondary N) is 3. The molecule has 2 atom stereocenters. The normalized spacial score (nSPS) is 15.3. The lowest BCUT2D eigenvalue weighted by Gasteiger charge is -2.38. The molecule has 3 aromatic rings. The van der Waals surface area contributed by atoms with Crippen molar-refractivity contribution in [1.29, 1.82) is 5.26 Å². The van der Waals surface area contributed by atoms with E-state index < -0.39 is 18.0 Å². The van der Waals surface area contributed by atoms with Crippen molar-refractivity contribution in [1.82, 2.24) is 20.1 Å². The molecule has 4 rings (SSSR count). The van der Waals surface area contributed by atoms with E-state index in [4.69, 9.17) is 5.11 Å². The number of halogens is 1. The maximum atomic E-state index is 14.8. The summed E-state index contributed by atoms with van der Waals surface area (Å²) in [6, 6.07) is 8.02. The Morgan fingerprint density at radius 1 is 1.36 bits per heavy atom. The summed E-state index contributed by atoms with van der Waals surface area (Å²) in [6.07, 6.45) is 3.54. The van der Waals surface area contributed by atoms with Gasteiger partial charge >= 0.3 is 6.09 Å². The third-order valence-electron chi connectivity index (χ3n) is 6.15. The highest BCUT2D eigenvalue weighted by Gasteiger charge is 2.33. The monoisotopic (exact) mass is 451 g/mol. The highest BCUT2D eigenvalue weighted by molar-refractivity contribution is 5.83. The first-order chi connectivity index (χ1) is 15.9. The lowest BCUT2D eigenvalue weighted by atomic mass is 9.77. The molecule has 2 heterocycles. The number of rotatable bonds is 8. The molecule has 0 unspecified atom stereocenters. The summed E-state index contributed by atoms with van der Waals surface area (Å²) in [6.45, 7) is 4.51. The van der Waals surface area contributed by atoms with Crippen LogP contribution in [-0.4, -0.2) is 38.0 Å². The van der Waals surface area contributed by atoms with Crippen molar-refractivity contribution in [3.8, 4) is 6.07 Å². The largest absolute Gasteiger partial charge is 0.465 e. The van der Waals surface area contributed by atoms with Crippen LogP contribution in [0.25, 0.3) is 10.9 Å². The molecule has 0 radical (unpaired) electrons. The topological polar surface area (TPSA) is 128 Å². The molecular weight excluding hydrogens is 425 g/mol. The van der Waals surface area contributed by atoms with Gasteiger partial charge in [-0.25, -0.2) is 14.2 Å². The highest BCUT2D eigenvalue weighted by Crippen LogP contribution is 2.34. The lowest BCUT2D eigenvalue weighted by molar-refractivity contribution is 0.180. The summed E-state index contributed by atoms with van der Waals surface area (Å²) in [4.78, 5) is 15.5. The van der Waals surface area contributed by atoms with Crippen LogP contribution in [0, 0.1) is 23.1 Å². The number of fused-ring (bicyclic) bond motifs is 1. The zero-order valence-corrected chi connectivity index (χ0v) is 18.5. The molecular formula is C23H26FN7O2. The van der Waals surface area contributed by atoms with Gasteiger partial charge in [0.05, 0.1) is 23.3 Å². The molecule has 4 N–H and O–H groups in total. The number of nitrogens with zero attached hydrogens (tertiary/aromatic N) is 4. The second kappa shape index (κ2) is 9.32. The predicted octanol–water partition coefficient (Wildman–Crippen LogP) is 4.44. The van der Waals surface area contributed by atoms with Crippen molar-refractivity contribution in [2.24, 2.45) is 5.92 Å². The maximum Gasteiger partial charge on any atom is 0.404 e. The van der Waals surface area contributed by atoms with Crippen LogP contribution >= 0.6 is 0 Å². The molecule has 10 heteroatoms. The van der Waals surface area contributed by atoms with Crippen LogP contribution in [-0.2, 0) is 6.54 Å². The summed E-state index contributed by atoms with van der Waals surface area (Å²) >= 11 is 0. The molecule has 33 heavy (non-hydrogen) atoms. The number of carbonyl (C=O) groups is 1. The average molecular weight is 452 g/mol. The molecule has 1 aliphatic carbocycles. The van der Waals surface area contributed by atoms with Gasteiger partial charge in [0.25, 0.3) is 0 Å². The summed E-state index contributed by atoms with van der Waals surface area (Å²) in [7, 11) is 0. The summed E-state index contributed by atoms with van der Waals surface area (Å²) in [5.74, 6) is -0.261.